The van der Waals surface area contributed by atoms with Gasteiger partial charge in [0.25, 0.3) is 20.2 Å². The number of anilines is 1. The fourth-order valence-corrected chi connectivity index (χ4v) is 19.2. The summed E-state index contributed by atoms with van der Waals surface area (Å²) in [5, 5.41) is 16.6. The van der Waals surface area contributed by atoms with Crippen molar-refractivity contribution in [3.63, 3.8) is 0 Å². The Bertz CT molecular complexity index is 5400. The zero-order valence-electron chi connectivity index (χ0n) is 74.1. The van der Waals surface area contributed by atoms with Gasteiger partial charge in [-0.3, -0.25) is 27.8 Å². The number of allylic oxidation sites excluding steroid dienone is 10. The minimum Gasteiger partial charge on any atom is -0.481 e. The van der Waals surface area contributed by atoms with Crippen molar-refractivity contribution in [1.82, 2.24) is 0 Å². The molecular weight excluding hydrogens is 1830 g/mol. The molecule has 0 fully saturated rings. The third-order valence-electron chi connectivity index (χ3n) is 22.6. The largest absolute Gasteiger partial charge is 1.00 e. The molecule has 4 aliphatic rings. The zero-order chi connectivity index (χ0) is 93.0. The van der Waals surface area contributed by atoms with Gasteiger partial charge in [-0.05, 0) is 126 Å². The number of carboxylic acid groups (broad SMARTS) is 2. The molecule has 0 saturated heterocycles. The SMILES string of the molecule is C.CCCCC[N+]1=C(C)C(C)(CCP(=O)(O)O)c2c[c-]ccc21.CCCCC[N+]1=C(C=CC=CCc2ccccc2)C(C)(CCCCCC(=O)O)c2c[c-]ccc21.CCCC[N+]1=C(C=CC=CC=C2N(C(CCC)S(=O)(=O)O)c3ccc(S(=O)(=O)O)cc3C2(C)CCP(=O)(O)O)C(C)(CCCCCC(=O)O)c2cc(C)ccc21.O=S(=O)=O.O=S(=O)=O.O=S(=O)=O.[K+].[K+]. The topological polar surface area (TPSA) is 464 Å². The van der Waals surface area contributed by atoms with E-state index in [1.165, 1.54) is 88.6 Å². The molecule has 5 atom stereocenters. The molecule has 0 bridgehead atoms. The molecule has 0 aromatic heterocycles. The van der Waals surface area contributed by atoms with Gasteiger partial charge >= 0.3 is 162 Å². The van der Waals surface area contributed by atoms with Crippen LogP contribution < -0.4 is 108 Å². The van der Waals surface area contributed by atoms with Gasteiger partial charge in [-0.25, -0.2) is 9.15 Å². The molecule has 690 valence electrons. The maximum atomic E-state index is 12.9. The van der Waals surface area contributed by atoms with Gasteiger partial charge in [-0.2, -0.15) is 57.8 Å². The number of nitrogens with zero attached hydrogens (tertiary/aromatic N) is 4. The van der Waals surface area contributed by atoms with E-state index in [-0.39, 0.29) is 175 Å². The minimum atomic E-state index is -4.75. The van der Waals surface area contributed by atoms with Crippen LogP contribution in [0.1, 0.15) is 244 Å². The van der Waals surface area contributed by atoms with Gasteiger partial charge < -0.3 is 34.7 Å². The van der Waals surface area contributed by atoms with E-state index in [0.717, 1.165) is 119 Å². The summed E-state index contributed by atoms with van der Waals surface area (Å²) in [5.41, 5.74) is 11.9. The summed E-state index contributed by atoms with van der Waals surface area (Å²) < 4.78 is 177. The Morgan fingerprint density at radius 2 is 0.953 bits per heavy atom. The molecule has 0 saturated carbocycles. The zero-order valence-corrected chi connectivity index (χ0v) is 86.2. The normalized spacial score (nSPS) is 18.5. The van der Waals surface area contributed by atoms with Crippen molar-refractivity contribution in [1.29, 1.82) is 0 Å². The Kier molecular flexibility index (Phi) is 54.1. The van der Waals surface area contributed by atoms with Crippen LogP contribution in [0.15, 0.2) is 168 Å². The third-order valence-corrected chi connectivity index (χ3v) is 26.2. The van der Waals surface area contributed by atoms with Crippen LogP contribution in [0.25, 0.3) is 0 Å². The molecule has 5 aromatic carbocycles. The second-order valence-corrected chi connectivity index (χ2v) is 39.4. The number of aryl methyl sites for hydroxylation is 1. The maximum Gasteiger partial charge on any atom is 1.00 e. The van der Waals surface area contributed by atoms with Crippen LogP contribution in [0.2, 0.25) is 0 Å². The fraction of sp³-hybridized carbons (Fsp3) is 0.494. The van der Waals surface area contributed by atoms with E-state index in [1.807, 2.05) is 30.4 Å². The number of unbranched alkanes of at least 4 members (excludes halogenated alkanes) is 9. The van der Waals surface area contributed by atoms with E-state index >= 15 is 0 Å². The van der Waals surface area contributed by atoms with Crippen molar-refractivity contribution in [3.05, 3.63) is 209 Å². The van der Waals surface area contributed by atoms with E-state index < -0.39 is 101 Å². The van der Waals surface area contributed by atoms with Crippen LogP contribution in [-0.2, 0) is 98.9 Å². The number of hydrogen-bond donors (Lipinski definition) is 8. The first-order valence-electron chi connectivity index (χ1n) is 41.3. The summed E-state index contributed by atoms with van der Waals surface area (Å²) >= 11 is 0. The summed E-state index contributed by atoms with van der Waals surface area (Å²) in [6, 6.07) is 39.4. The van der Waals surface area contributed by atoms with Gasteiger partial charge in [0.05, 0.1) is 22.6 Å². The summed E-state index contributed by atoms with van der Waals surface area (Å²) in [4.78, 5) is 61.2. The molecular formula is C89H125K2N4O25P2S5+3. The molecule has 5 aromatic rings. The first-order chi connectivity index (χ1) is 58.1. The quantitative estimate of drug-likeness (QED) is 0.00343. The number of benzene rings is 5. The van der Waals surface area contributed by atoms with Crippen molar-refractivity contribution in [2.75, 3.05) is 36.9 Å². The second-order valence-electron chi connectivity index (χ2n) is 31.7. The van der Waals surface area contributed by atoms with E-state index in [1.54, 1.807) is 32.1 Å². The van der Waals surface area contributed by atoms with Gasteiger partial charge in [0, 0.05) is 90.4 Å². The van der Waals surface area contributed by atoms with Crippen LogP contribution in [-0.4, -0.2) is 174 Å². The minimum absolute atomic E-state index is 0. The second kappa shape index (κ2) is 57.4. The maximum absolute atomic E-state index is 12.9. The van der Waals surface area contributed by atoms with Crippen LogP contribution in [0.5, 0.6) is 0 Å². The third kappa shape index (κ3) is 38.0. The molecule has 4 aliphatic heterocycles. The molecule has 0 radical (unpaired) electrons. The average molecular weight is 1950 g/mol. The molecule has 0 amide bonds. The first kappa shape index (κ1) is 120. The van der Waals surface area contributed by atoms with Gasteiger partial charge in [0.2, 0.25) is 5.69 Å². The van der Waals surface area contributed by atoms with Crippen molar-refractivity contribution >= 4 is 119 Å². The van der Waals surface area contributed by atoms with Crippen molar-refractivity contribution in [2.24, 2.45) is 0 Å². The Hall–Kier alpha value is -5.20. The summed E-state index contributed by atoms with van der Waals surface area (Å²) in [7, 11) is -27.4. The van der Waals surface area contributed by atoms with E-state index in [9.17, 15) is 64.2 Å². The van der Waals surface area contributed by atoms with Crippen LogP contribution in [0.4, 0.5) is 22.7 Å². The van der Waals surface area contributed by atoms with E-state index in [4.69, 9.17) is 48.1 Å². The van der Waals surface area contributed by atoms with Gasteiger partial charge in [0.15, 0.2) is 22.5 Å². The molecule has 38 heteroatoms. The number of hydrogen-bond acceptors (Lipinski definition) is 18. The molecule has 5 unspecified atom stereocenters. The average Bonchev–Trinajstić information content (AvgIpc) is 1.58. The molecule has 8 N–H and O–H groups in total. The molecule has 9 rings (SSSR count). The molecule has 29 nitrogen and oxygen atoms in total. The number of carbonyl (C=O) groups is 2. The van der Waals surface area contributed by atoms with Crippen molar-refractivity contribution in [2.45, 2.75) is 256 Å². The first-order valence-corrected chi connectivity index (χ1v) is 50.8. The summed E-state index contributed by atoms with van der Waals surface area (Å²) in [6.07, 6.45) is 34.7. The Morgan fingerprint density at radius 3 is 1.42 bits per heavy atom. The standard InChI is InChI=1S/C40H55N2O11PS2.C31H39NO2.C17H26NO3P.CH4.2K.3O3S/c1-6-8-25-41-33-21-19-29(3)27-31(33)39(4,23-14-10-13-18-38(43)44)35(41)16-11-9-12-17-36-40(5,24-26-54(45,46)47)32-28-30(55(48,49)50)20-22-34(32)42(36)37(15-7-2)56(51,52)53;1-3-4-16-25-32-28-21-14-13-20-27(28)31(2,24-15-7-12-23-30(33)34)29(32)22-11-6-10-19-26-17-8-5-9-18-26;1-4-5-8-12-18-14(2)17(3,11-13-22(19,20)21)15-9-6-7-10-16(15)18;;;;3*1-4(2)3/h9,11-12,16-17,19-22,27-28,37H,6-8,10,13-15,18,23-26H2,1-5H3,(H4-,43,44,45,46,47,48,49,50,51,52,53);5-6,8-11,14,17-18,20-22H,3-4,7,12,15-16,19,23-25H2,1-2H3,(H,33,34);7,9-10H,4-5,8,11-13H2,1-3H3,(H2,19,20,21);1H4;;;;;/q;;;;2*+1;;;/p+1. The van der Waals surface area contributed by atoms with Crippen molar-refractivity contribution < 1.29 is 229 Å². The Morgan fingerprint density at radius 1 is 0.504 bits per heavy atom. The summed E-state index contributed by atoms with van der Waals surface area (Å²) in [5.74, 6) is -1.51. The van der Waals surface area contributed by atoms with Gasteiger partial charge in [-0.1, -0.05) is 190 Å². The number of rotatable bonds is 41. The van der Waals surface area contributed by atoms with E-state index in [0.29, 0.717) is 19.3 Å². The molecule has 0 spiro atoms. The van der Waals surface area contributed by atoms with Crippen LogP contribution in [0.3, 0.4) is 0 Å². The Balaban J connectivity index is 0.000000959. The van der Waals surface area contributed by atoms with Gasteiger partial charge in [0.1, 0.15) is 31.0 Å². The van der Waals surface area contributed by atoms with Crippen LogP contribution in [0, 0.1) is 19.1 Å². The molecule has 127 heavy (non-hydrogen) atoms. The number of fused-ring (bicyclic) bond motifs is 4. The predicted octanol–water partition coefficient (Wildman–Crippen LogP) is 10.5. The fourth-order valence-electron chi connectivity index (χ4n) is 16.2. The molecule has 0 aliphatic carbocycles. The number of carboxylic acids is 2. The smallest absolute Gasteiger partial charge is 0.481 e. The monoisotopic (exact) mass is 1950 g/mol. The van der Waals surface area contributed by atoms with Crippen LogP contribution >= 0.6 is 15.2 Å². The predicted molar refractivity (Wildman–Crippen MR) is 484 cm³/mol. The van der Waals surface area contributed by atoms with Gasteiger partial charge in [-0.15, -0.1) is 50.0 Å². The molecule has 4 heterocycles. The Labute approximate surface area is 840 Å². The van der Waals surface area contributed by atoms with Crippen molar-refractivity contribution in [3.8, 4) is 0 Å². The number of aliphatic carboxylic acids is 2. The van der Waals surface area contributed by atoms with E-state index in [2.05, 4.69) is 172 Å². The summed E-state index contributed by atoms with van der Waals surface area (Å²) in [6.45, 7) is 23.5.